The van der Waals surface area contributed by atoms with Gasteiger partial charge in [-0.2, -0.15) is 0 Å². The largest absolute Gasteiger partial charge is 0.492 e. The van der Waals surface area contributed by atoms with E-state index in [0.29, 0.717) is 22.2 Å². The molecular formula is C11H15Cl2NO3S. The molecular weight excluding hydrogens is 297 g/mol. The molecule has 0 aliphatic rings. The molecule has 2 N–H and O–H groups in total. The van der Waals surface area contributed by atoms with Crippen LogP contribution >= 0.6 is 23.2 Å². The molecule has 0 saturated heterocycles. The van der Waals surface area contributed by atoms with E-state index >= 15 is 0 Å². The van der Waals surface area contributed by atoms with Crippen molar-refractivity contribution in [2.24, 2.45) is 11.1 Å². The molecule has 0 spiro atoms. The molecule has 0 amide bonds. The van der Waals surface area contributed by atoms with Crippen LogP contribution in [0.5, 0.6) is 5.75 Å². The van der Waals surface area contributed by atoms with Crippen molar-refractivity contribution < 1.29 is 13.2 Å². The Hall–Kier alpha value is -0.490. The molecule has 1 atom stereocenters. The lowest BCUT2D eigenvalue weighted by Gasteiger charge is -2.15. The molecule has 0 fully saturated rings. The summed E-state index contributed by atoms with van der Waals surface area (Å²) in [5, 5.41) is 5.95. The van der Waals surface area contributed by atoms with E-state index in [2.05, 4.69) is 0 Å². The lowest BCUT2D eigenvalue weighted by atomic mass is 10.1. The number of ether oxygens (including phenoxy) is 1. The van der Waals surface area contributed by atoms with Crippen LogP contribution in [0.15, 0.2) is 18.2 Å². The van der Waals surface area contributed by atoms with Crippen molar-refractivity contribution in [1.82, 2.24) is 0 Å². The van der Waals surface area contributed by atoms with Crippen LogP contribution in [-0.2, 0) is 10.0 Å². The summed E-state index contributed by atoms with van der Waals surface area (Å²) >= 11 is 11.7. The fourth-order valence-electron chi connectivity index (χ4n) is 1.41. The molecule has 0 heterocycles. The smallest absolute Gasteiger partial charge is 0.209 e. The summed E-state index contributed by atoms with van der Waals surface area (Å²) in [5.74, 6) is 0.161. The molecule has 1 rings (SSSR count). The third kappa shape index (κ3) is 5.44. The molecule has 0 radical (unpaired) electrons. The van der Waals surface area contributed by atoms with E-state index in [4.69, 9.17) is 33.1 Å². The second-order valence-corrected chi connectivity index (χ2v) is 6.49. The molecule has 0 aliphatic heterocycles. The first-order valence-corrected chi connectivity index (χ1v) is 7.87. The fourth-order valence-corrected chi connectivity index (χ4v) is 2.73. The predicted octanol–water partition coefficient (Wildman–Crippen LogP) is 2.69. The van der Waals surface area contributed by atoms with Gasteiger partial charge in [0.1, 0.15) is 5.75 Å². The Labute approximate surface area is 117 Å². The van der Waals surface area contributed by atoms with Gasteiger partial charge in [0.2, 0.25) is 10.0 Å². The SMILES string of the molecule is CCC(COc1cc(Cl)ccc1Cl)CS(N)(=O)=O. The number of nitrogens with two attached hydrogens (primary N) is 1. The first-order valence-electron chi connectivity index (χ1n) is 5.40. The molecule has 4 nitrogen and oxygen atoms in total. The molecule has 0 aromatic heterocycles. The third-order valence-electron chi connectivity index (χ3n) is 2.41. The highest BCUT2D eigenvalue weighted by molar-refractivity contribution is 7.89. The Morgan fingerprint density at radius 2 is 2.06 bits per heavy atom. The van der Waals surface area contributed by atoms with Gasteiger partial charge in [0, 0.05) is 17.0 Å². The van der Waals surface area contributed by atoms with Crippen LogP contribution in [0.3, 0.4) is 0 Å². The summed E-state index contributed by atoms with van der Waals surface area (Å²) in [6.07, 6.45) is 0.647. The molecule has 7 heteroatoms. The van der Waals surface area contributed by atoms with Crippen LogP contribution in [0.4, 0.5) is 0 Å². The van der Waals surface area contributed by atoms with Crippen molar-refractivity contribution in [2.45, 2.75) is 13.3 Å². The quantitative estimate of drug-likeness (QED) is 0.878. The highest BCUT2D eigenvalue weighted by atomic mass is 35.5. The van der Waals surface area contributed by atoms with Gasteiger partial charge >= 0.3 is 0 Å². The zero-order valence-corrected chi connectivity index (χ0v) is 12.2. The van der Waals surface area contributed by atoms with Crippen LogP contribution in [0.2, 0.25) is 10.0 Å². The Balaban J connectivity index is 2.65. The van der Waals surface area contributed by atoms with E-state index in [1.807, 2.05) is 6.92 Å². The number of benzene rings is 1. The van der Waals surface area contributed by atoms with Crippen molar-refractivity contribution in [3.05, 3.63) is 28.2 Å². The van der Waals surface area contributed by atoms with Crippen LogP contribution < -0.4 is 9.88 Å². The second-order valence-electron chi connectivity index (χ2n) is 3.99. The summed E-state index contributed by atoms with van der Waals surface area (Å²) in [6.45, 7) is 2.10. The maximum Gasteiger partial charge on any atom is 0.209 e. The molecule has 18 heavy (non-hydrogen) atoms. The summed E-state index contributed by atoms with van der Waals surface area (Å²) in [4.78, 5) is 0. The summed E-state index contributed by atoms with van der Waals surface area (Å²) in [6, 6.07) is 4.87. The number of sulfonamides is 1. The van der Waals surface area contributed by atoms with Gasteiger partial charge in [0.15, 0.2) is 0 Å². The fraction of sp³-hybridized carbons (Fsp3) is 0.455. The van der Waals surface area contributed by atoms with E-state index < -0.39 is 10.0 Å². The number of hydrogen-bond acceptors (Lipinski definition) is 3. The first-order chi connectivity index (χ1) is 8.31. The van der Waals surface area contributed by atoms with Gasteiger partial charge in [-0.15, -0.1) is 0 Å². The number of halogens is 2. The van der Waals surface area contributed by atoms with Crippen LogP contribution in [0.25, 0.3) is 0 Å². The molecule has 1 aromatic carbocycles. The standard InChI is InChI=1S/C11H15Cl2NO3S/c1-2-8(7-18(14,15)16)6-17-11-5-9(12)3-4-10(11)13/h3-5,8H,2,6-7H2,1H3,(H2,14,15,16). The van der Waals surface area contributed by atoms with Crippen molar-refractivity contribution in [3.63, 3.8) is 0 Å². The molecule has 102 valence electrons. The van der Waals surface area contributed by atoms with E-state index in [1.54, 1.807) is 18.2 Å². The maximum atomic E-state index is 11.0. The topological polar surface area (TPSA) is 69.4 Å². The minimum absolute atomic E-state index is 0.109. The molecule has 0 bridgehead atoms. The highest BCUT2D eigenvalue weighted by Gasteiger charge is 2.15. The maximum absolute atomic E-state index is 11.0. The van der Waals surface area contributed by atoms with Gasteiger partial charge in [-0.25, -0.2) is 13.6 Å². The summed E-state index contributed by atoms with van der Waals surface area (Å²) in [5.41, 5.74) is 0. The predicted molar refractivity (Wildman–Crippen MR) is 73.7 cm³/mol. The Morgan fingerprint density at radius 1 is 1.39 bits per heavy atom. The molecule has 0 saturated carbocycles. The zero-order valence-electron chi connectivity index (χ0n) is 9.90. The normalized spacial score (nSPS) is 13.3. The second kappa shape index (κ2) is 6.61. The lowest BCUT2D eigenvalue weighted by Crippen LogP contribution is -2.26. The minimum atomic E-state index is -3.50. The highest BCUT2D eigenvalue weighted by Crippen LogP contribution is 2.28. The van der Waals surface area contributed by atoms with Crippen LogP contribution in [0.1, 0.15) is 13.3 Å². The average Bonchev–Trinajstić information content (AvgIpc) is 2.27. The van der Waals surface area contributed by atoms with Gasteiger partial charge in [0.05, 0.1) is 17.4 Å². The van der Waals surface area contributed by atoms with Crippen LogP contribution in [0, 0.1) is 5.92 Å². The van der Waals surface area contributed by atoms with E-state index in [-0.39, 0.29) is 18.3 Å². The number of rotatable bonds is 6. The average molecular weight is 312 g/mol. The minimum Gasteiger partial charge on any atom is -0.492 e. The monoisotopic (exact) mass is 311 g/mol. The summed E-state index contributed by atoms with van der Waals surface area (Å²) in [7, 11) is -3.50. The van der Waals surface area contributed by atoms with Crippen LogP contribution in [-0.4, -0.2) is 20.8 Å². The van der Waals surface area contributed by atoms with Gasteiger partial charge in [-0.3, -0.25) is 0 Å². The van der Waals surface area contributed by atoms with Gasteiger partial charge < -0.3 is 4.74 Å². The van der Waals surface area contributed by atoms with Gasteiger partial charge in [-0.05, 0) is 18.6 Å². The lowest BCUT2D eigenvalue weighted by molar-refractivity contribution is 0.258. The van der Waals surface area contributed by atoms with E-state index in [9.17, 15) is 8.42 Å². The number of hydrogen-bond donors (Lipinski definition) is 1. The zero-order chi connectivity index (χ0) is 13.8. The first kappa shape index (κ1) is 15.6. The van der Waals surface area contributed by atoms with Crippen molar-refractivity contribution in [2.75, 3.05) is 12.4 Å². The van der Waals surface area contributed by atoms with E-state index in [1.165, 1.54) is 0 Å². The Bertz CT molecular complexity index is 505. The van der Waals surface area contributed by atoms with Crippen molar-refractivity contribution in [1.29, 1.82) is 0 Å². The van der Waals surface area contributed by atoms with E-state index in [0.717, 1.165) is 0 Å². The van der Waals surface area contributed by atoms with Gasteiger partial charge in [-0.1, -0.05) is 30.1 Å². The number of primary sulfonamides is 1. The summed E-state index contributed by atoms with van der Waals surface area (Å²) < 4.78 is 27.5. The van der Waals surface area contributed by atoms with Crippen molar-refractivity contribution in [3.8, 4) is 5.75 Å². The molecule has 0 aliphatic carbocycles. The molecule has 1 unspecified atom stereocenters. The Morgan fingerprint density at radius 3 is 2.61 bits per heavy atom. The Kier molecular flexibility index (Phi) is 5.72. The van der Waals surface area contributed by atoms with Crippen molar-refractivity contribution >= 4 is 33.2 Å². The third-order valence-corrected chi connectivity index (χ3v) is 3.90. The van der Waals surface area contributed by atoms with Gasteiger partial charge in [0.25, 0.3) is 0 Å². The molecule has 1 aromatic rings.